The molecule has 2 aromatic rings. The second-order valence-electron chi connectivity index (χ2n) is 3.82. The lowest BCUT2D eigenvalue weighted by Gasteiger charge is -2.12. The first-order valence-electron chi connectivity index (χ1n) is 5.11. The van der Waals surface area contributed by atoms with Crippen LogP contribution in [0.15, 0.2) is 36.4 Å². The molecule has 0 N–H and O–H groups in total. The van der Waals surface area contributed by atoms with Crippen LogP contribution in [-0.2, 0) is 6.18 Å². The first-order chi connectivity index (χ1) is 8.79. The lowest BCUT2D eigenvalue weighted by atomic mass is 10.0. The highest BCUT2D eigenvalue weighted by molar-refractivity contribution is 6.35. The van der Waals surface area contributed by atoms with Gasteiger partial charge in [-0.1, -0.05) is 40.9 Å². The van der Waals surface area contributed by atoms with Crippen LogP contribution in [0.2, 0.25) is 15.1 Å². The quantitative estimate of drug-likeness (QED) is 0.574. The van der Waals surface area contributed by atoms with Crippen molar-refractivity contribution in [3.8, 4) is 11.1 Å². The van der Waals surface area contributed by atoms with Crippen molar-refractivity contribution in [3.63, 3.8) is 0 Å². The summed E-state index contributed by atoms with van der Waals surface area (Å²) in [7, 11) is 0. The van der Waals surface area contributed by atoms with Crippen LogP contribution in [-0.4, -0.2) is 0 Å². The van der Waals surface area contributed by atoms with E-state index in [0.717, 1.165) is 6.07 Å². The molecular formula is C13H6Cl3F3. The second-order valence-corrected chi connectivity index (χ2v) is 5.07. The van der Waals surface area contributed by atoms with Crippen LogP contribution in [0.3, 0.4) is 0 Å². The lowest BCUT2D eigenvalue weighted by molar-refractivity contribution is -0.137. The fourth-order valence-electron chi connectivity index (χ4n) is 1.63. The van der Waals surface area contributed by atoms with Crippen molar-refractivity contribution in [1.29, 1.82) is 0 Å². The van der Waals surface area contributed by atoms with Gasteiger partial charge in [0.2, 0.25) is 0 Å². The summed E-state index contributed by atoms with van der Waals surface area (Å²) in [5.41, 5.74) is -0.164. The molecule has 0 atom stereocenters. The van der Waals surface area contributed by atoms with Gasteiger partial charge in [0.15, 0.2) is 0 Å². The fourth-order valence-corrected chi connectivity index (χ4v) is 2.25. The zero-order valence-corrected chi connectivity index (χ0v) is 11.5. The summed E-state index contributed by atoms with van der Waals surface area (Å²) < 4.78 is 38.3. The minimum absolute atomic E-state index is 0.309. The highest BCUT2D eigenvalue weighted by Gasteiger charge is 2.33. The van der Waals surface area contributed by atoms with Crippen LogP contribution in [0, 0.1) is 0 Å². The van der Waals surface area contributed by atoms with Crippen LogP contribution < -0.4 is 0 Å². The Morgan fingerprint density at radius 1 is 0.789 bits per heavy atom. The van der Waals surface area contributed by atoms with E-state index in [0.29, 0.717) is 21.2 Å². The van der Waals surface area contributed by atoms with E-state index in [1.807, 2.05) is 0 Å². The predicted molar refractivity (Wildman–Crippen MR) is 71.9 cm³/mol. The number of halogens is 6. The van der Waals surface area contributed by atoms with Gasteiger partial charge in [-0.3, -0.25) is 0 Å². The molecule has 0 bridgehead atoms. The van der Waals surface area contributed by atoms with Gasteiger partial charge in [0.05, 0.1) is 10.6 Å². The van der Waals surface area contributed by atoms with E-state index < -0.39 is 11.7 Å². The molecule has 0 nitrogen and oxygen atoms in total. The zero-order chi connectivity index (χ0) is 14.2. The van der Waals surface area contributed by atoms with Crippen molar-refractivity contribution in [2.75, 3.05) is 0 Å². The first-order valence-corrected chi connectivity index (χ1v) is 6.24. The molecule has 0 aliphatic carbocycles. The summed E-state index contributed by atoms with van der Waals surface area (Å²) in [6.45, 7) is 0. The van der Waals surface area contributed by atoms with Gasteiger partial charge in [0.25, 0.3) is 0 Å². The highest BCUT2D eigenvalue weighted by atomic mass is 35.5. The maximum absolute atomic E-state index is 12.8. The largest absolute Gasteiger partial charge is 0.417 e. The standard InChI is InChI=1S/C13H6Cl3F3/c14-8-2-4-11(15)9(6-8)7-1-3-12(16)10(5-7)13(17,18)19/h1-6H. The Balaban J connectivity index is 2.61. The van der Waals surface area contributed by atoms with E-state index in [1.54, 1.807) is 6.07 Å². The molecule has 0 saturated heterocycles. The molecule has 2 aromatic carbocycles. The molecular weight excluding hydrogens is 319 g/mol. The van der Waals surface area contributed by atoms with Crippen LogP contribution >= 0.6 is 34.8 Å². The smallest absolute Gasteiger partial charge is 0.166 e. The molecule has 0 aromatic heterocycles. The summed E-state index contributed by atoms with van der Waals surface area (Å²) in [5.74, 6) is 0. The minimum atomic E-state index is -4.52. The molecule has 2 rings (SSSR count). The average molecular weight is 326 g/mol. The molecule has 0 heterocycles. The fraction of sp³-hybridized carbons (Fsp3) is 0.0769. The molecule has 0 spiro atoms. The molecule has 0 radical (unpaired) electrons. The van der Waals surface area contributed by atoms with E-state index in [4.69, 9.17) is 34.8 Å². The molecule has 0 aliphatic heterocycles. The number of benzene rings is 2. The maximum Gasteiger partial charge on any atom is 0.417 e. The molecule has 6 heteroatoms. The van der Waals surface area contributed by atoms with E-state index in [2.05, 4.69) is 0 Å². The molecule has 0 amide bonds. The molecule has 100 valence electrons. The van der Waals surface area contributed by atoms with E-state index in [-0.39, 0.29) is 5.02 Å². The van der Waals surface area contributed by atoms with Crippen molar-refractivity contribution >= 4 is 34.8 Å². The molecule has 0 saturated carbocycles. The summed E-state index contributed by atoms with van der Waals surface area (Å²) in [6, 6.07) is 8.22. The van der Waals surface area contributed by atoms with Gasteiger partial charge in [0, 0.05) is 15.6 Å². The van der Waals surface area contributed by atoms with Crippen LogP contribution in [0.25, 0.3) is 11.1 Å². The van der Waals surface area contributed by atoms with Crippen molar-refractivity contribution < 1.29 is 13.2 Å². The highest BCUT2D eigenvalue weighted by Crippen LogP contribution is 2.39. The third-order valence-electron chi connectivity index (χ3n) is 2.51. The molecule has 0 aliphatic rings. The predicted octanol–water partition coefficient (Wildman–Crippen LogP) is 6.33. The Morgan fingerprint density at radius 3 is 2.05 bits per heavy atom. The van der Waals surface area contributed by atoms with Crippen molar-refractivity contribution in [2.45, 2.75) is 6.18 Å². The van der Waals surface area contributed by atoms with Gasteiger partial charge in [-0.25, -0.2) is 0 Å². The van der Waals surface area contributed by atoms with Gasteiger partial charge in [-0.15, -0.1) is 0 Å². The third-order valence-corrected chi connectivity index (χ3v) is 3.41. The summed E-state index contributed by atoms with van der Waals surface area (Å²) in [4.78, 5) is 0. The average Bonchev–Trinajstić information content (AvgIpc) is 2.31. The summed E-state index contributed by atoms with van der Waals surface area (Å²) in [6.07, 6.45) is -4.52. The topological polar surface area (TPSA) is 0 Å². The van der Waals surface area contributed by atoms with Crippen LogP contribution in [0.4, 0.5) is 13.2 Å². The van der Waals surface area contributed by atoms with Gasteiger partial charge in [-0.2, -0.15) is 13.2 Å². The first kappa shape index (κ1) is 14.5. The Kier molecular flexibility index (Phi) is 4.00. The van der Waals surface area contributed by atoms with E-state index in [9.17, 15) is 13.2 Å². The van der Waals surface area contributed by atoms with E-state index >= 15 is 0 Å². The van der Waals surface area contributed by atoms with Gasteiger partial charge >= 0.3 is 6.18 Å². The lowest BCUT2D eigenvalue weighted by Crippen LogP contribution is -2.05. The molecule has 0 unspecified atom stereocenters. The van der Waals surface area contributed by atoms with Gasteiger partial charge in [0.1, 0.15) is 0 Å². The van der Waals surface area contributed by atoms with Crippen molar-refractivity contribution in [2.24, 2.45) is 0 Å². The van der Waals surface area contributed by atoms with Crippen LogP contribution in [0.1, 0.15) is 5.56 Å². The Bertz CT molecular complexity index is 621. The Labute approximate surface area is 122 Å². The zero-order valence-electron chi connectivity index (χ0n) is 9.23. The van der Waals surface area contributed by atoms with Crippen LogP contribution in [0.5, 0.6) is 0 Å². The summed E-state index contributed by atoms with van der Waals surface area (Å²) >= 11 is 17.3. The summed E-state index contributed by atoms with van der Waals surface area (Å²) in [5, 5.41) is 0.358. The number of alkyl halides is 3. The normalized spacial score (nSPS) is 11.7. The van der Waals surface area contributed by atoms with Gasteiger partial charge in [-0.05, 0) is 35.9 Å². The molecule has 0 fully saturated rings. The Morgan fingerprint density at radius 2 is 1.42 bits per heavy atom. The van der Waals surface area contributed by atoms with E-state index in [1.165, 1.54) is 24.3 Å². The minimum Gasteiger partial charge on any atom is -0.166 e. The van der Waals surface area contributed by atoms with Crippen molar-refractivity contribution in [3.05, 3.63) is 57.0 Å². The number of hydrogen-bond acceptors (Lipinski definition) is 0. The van der Waals surface area contributed by atoms with Gasteiger partial charge < -0.3 is 0 Å². The monoisotopic (exact) mass is 324 g/mol. The second kappa shape index (κ2) is 5.23. The SMILES string of the molecule is FC(F)(F)c1cc(-c2cc(Cl)ccc2Cl)ccc1Cl. The maximum atomic E-state index is 12.8. The number of rotatable bonds is 1. The molecule has 19 heavy (non-hydrogen) atoms. The Hall–Kier alpha value is -0.900. The third kappa shape index (κ3) is 3.16. The van der Waals surface area contributed by atoms with Crippen molar-refractivity contribution in [1.82, 2.24) is 0 Å². The number of hydrogen-bond donors (Lipinski definition) is 0.